The van der Waals surface area contributed by atoms with Crippen LogP contribution in [0.4, 0.5) is 0 Å². The minimum absolute atomic E-state index is 0.132. The summed E-state index contributed by atoms with van der Waals surface area (Å²) in [7, 11) is 1.31. The second-order valence-corrected chi connectivity index (χ2v) is 4.67. The Hall–Kier alpha value is -1.88. The average molecular weight is 262 g/mol. The molecule has 1 aromatic carbocycles. The van der Waals surface area contributed by atoms with E-state index in [0.717, 1.165) is 12.8 Å². The summed E-state index contributed by atoms with van der Waals surface area (Å²) in [5, 5.41) is 0. The molecule has 0 aliphatic carbocycles. The van der Waals surface area contributed by atoms with E-state index in [-0.39, 0.29) is 11.9 Å². The van der Waals surface area contributed by atoms with Gasteiger partial charge in [-0.3, -0.25) is 4.79 Å². The molecule has 1 heterocycles. The first-order chi connectivity index (χ1) is 9.13. The number of methoxy groups -OCH3 is 1. The molecule has 2 N–H and O–H groups in total. The quantitative estimate of drug-likeness (QED) is 0.808. The number of ether oxygens (including phenoxy) is 1. The highest BCUT2D eigenvalue weighted by Gasteiger charge is 2.25. The molecule has 1 aliphatic rings. The number of likely N-dealkylation sites (tertiary alicyclic amines) is 1. The number of nitrogens with two attached hydrogens (primary N) is 1. The van der Waals surface area contributed by atoms with E-state index in [2.05, 4.69) is 0 Å². The minimum Gasteiger partial charge on any atom is -0.465 e. The SMILES string of the molecule is COC(=O)c1ccccc1C(=O)N1CCC(N)CC1. The third-order valence-electron chi connectivity index (χ3n) is 3.39. The molecule has 19 heavy (non-hydrogen) atoms. The van der Waals surface area contributed by atoms with Gasteiger partial charge in [0.2, 0.25) is 0 Å². The zero-order chi connectivity index (χ0) is 13.8. The molecule has 1 aliphatic heterocycles. The van der Waals surface area contributed by atoms with Gasteiger partial charge in [0.05, 0.1) is 18.2 Å². The van der Waals surface area contributed by atoms with Crippen molar-refractivity contribution >= 4 is 11.9 Å². The van der Waals surface area contributed by atoms with Crippen LogP contribution in [0.2, 0.25) is 0 Å². The molecule has 5 nitrogen and oxygen atoms in total. The van der Waals surface area contributed by atoms with Gasteiger partial charge in [-0.05, 0) is 25.0 Å². The van der Waals surface area contributed by atoms with Crippen LogP contribution in [0, 0.1) is 0 Å². The van der Waals surface area contributed by atoms with Crippen molar-refractivity contribution in [3.05, 3.63) is 35.4 Å². The number of nitrogens with zero attached hydrogens (tertiary/aromatic N) is 1. The lowest BCUT2D eigenvalue weighted by molar-refractivity contribution is 0.0586. The first-order valence-electron chi connectivity index (χ1n) is 6.35. The van der Waals surface area contributed by atoms with Crippen LogP contribution in [0.25, 0.3) is 0 Å². The van der Waals surface area contributed by atoms with E-state index >= 15 is 0 Å². The van der Waals surface area contributed by atoms with Gasteiger partial charge in [0, 0.05) is 19.1 Å². The topological polar surface area (TPSA) is 72.6 Å². The fourth-order valence-corrected chi connectivity index (χ4v) is 2.23. The van der Waals surface area contributed by atoms with Gasteiger partial charge in [0.25, 0.3) is 5.91 Å². The van der Waals surface area contributed by atoms with Gasteiger partial charge in [0.1, 0.15) is 0 Å². The van der Waals surface area contributed by atoms with Crippen LogP contribution in [0.1, 0.15) is 33.6 Å². The normalized spacial score (nSPS) is 16.2. The summed E-state index contributed by atoms with van der Waals surface area (Å²) in [5.74, 6) is -0.620. The molecule has 1 amide bonds. The smallest absolute Gasteiger partial charge is 0.338 e. The molecule has 2 rings (SSSR count). The highest BCUT2D eigenvalue weighted by Crippen LogP contribution is 2.16. The lowest BCUT2D eigenvalue weighted by Gasteiger charge is -2.30. The summed E-state index contributed by atoms with van der Waals surface area (Å²) in [6, 6.07) is 6.89. The van der Waals surface area contributed by atoms with Crippen molar-refractivity contribution in [2.75, 3.05) is 20.2 Å². The Labute approximate surface area is 112 Å². The van der Waals surface area contributed by atoms with Gasteiger partial charge in [0.15, 0.2) is 0 Å². The van der Waals surface area contributed by atoms with Crippen molar-refractivity contribution in [1.29, 1.82) is 0 Å². The van der Waals surface area contributed by atoms with E-state index in [4.69, 9.17) is 10.5 Å². The minimum atomic E-state index is -0.488. The van der Waals surface area contributed by atoms with E-state index in [1.807, 2.05) is 0 Å². The second-order valence-electron chi connectivity index (χ2n) is 4.67. The van der Waals surface area contributed by atoms with Gasteiger partial charge in [-0.15, -0.1) is 0 Å². The molecule has 1 fully saturated rings. The lowest BCUT2D eigenvalue weighted by Crippen LogP contribution is -2.43. The van der Waals surface area contributed by atoms with Crippen LogP contribution >= 0.6 is 0 Å². The van der Waals surface area contributed by atoms with E-state index < -0.39 is 5.97 Å². The number of rotatable bonds is 2. The van der Waals surface area contributed by atoms with E-state index in [9.17, 15) is 9.59 Å². The molecule has 0 atom stereocenters. The van der Waals surface area contributed by atoms with Gasteiger partial charge in [-0.2, -0.15) is 0 Å². The van der Waals surface area contributed by atoms with Gasteiger partial charge >= 0.3 is 5.97 Å². The third-order valence-corrected chi connectivity index (χ3v) is 3.39. The van der Waals surface area contributed by atoms with Crippen molar-refractivity contribution in [3.8, 4) is 0 Å². The molecule has 0 bridgehead atoms. The van der Waals surface area contributed by atoms with Gasteiger partial charge in [-0.25, -0.2) is 4.79 Å². The van der Waals surface area contributed by atoms with Crippen molar-refractivity contribution in [2.24, 2.45) is 5.73 Å². The van der Waals surface area contributed by atoms with E-state index in [0.29, 0.717) is 24.2 Å². The lowest BCUT2D eigenvalue weighted by atomic mass is 10.0. The highest BCUT2D eigenvalue weighted by atomic mass is 16.5. The van der Waals surface area contributed by atoms with Crippen molar-refractivity contribution < 1.29 is 14.3 Å². The number of carbonyl (C=O) groups excluding carboxylic acids is 2. The summed E-state index contributed by atoms with van der Waals surface area (Å²) in [6.07, 6.45) is 1.60. The first kappa shape index (κ1) is 13.5. The van der Waals surface area contributed by atoms with Crippen molar-refractivity contribution in [3.63, 3.8) is 0 Å². The fraction of sp³-hybridized carbons (Fsp3) is 0.429. The molecule has 0 radical (unpaired) electrons. The Morgan fingerprint density at radius 3 is 2.37 bits per heavy atom. The maximum atomic E-state index is 12.4. The number of esters is 1. The number of benzene rings is 1. The Balaban J connectivity index is 2.21. The number of piperidine rings is 1. The predicted octanol–water partition coefficient (Wildman–Crippen LogP) is 1.04. The number of carbonyl (C=O) groups is 2. The van der Waals surface area contributed by atoms with Crippen molar-refractivity contribution in [1.82, 2.24) is 4.90 Å². The monoisotopic (exact) mass is 262 g/mol. The third kappa shape index (κ3) is 2.93. The number of hydrogen-bond acceptors (Lipinski definition) is 4. The maximum absolute atomic E-state index is 12.4. The Bertz CT molecular complexity index is 479. The molecule has 0 spiro atoms. The van der Waals surface area contributed by atoms with Crippen molar-refractivity contribution in [2.45, 2.75) is 18.9 Å². The van der Waals surface area contributed by atoms with Crippen LogP contribution in [-0.4, -0.2) is 43.0 Å². The van der Waals surface area contributed by atoms with Crippen LogP contribution in [0.3, 0.4) is 0 Å². The molecular formula is C14H18N2O3. The van der Waals surface area contributed by atoms with Crippen LogP contribution in [-0.2, 0) is 4.74 Å². The second kappa shape index (κ2) is 5.84. The van der Waals surface area contributed by atoms with Gasteiger partial charge in [-0.1, -0.05) is 12.1 Å². The summed E-state index contributed by atoms with van der Waals surface area (Å²) in [4.78, 5) is 25.8. The van der Waals surface area contributed by atoms with Crippen LogP contribution in [0.5, 0.6) is 0 Å². The fourth-order valence-electron chi connectivity index (χ4n) is 2.23. The number of amides is 1. The summed E-state index contributed by atoms with van der Waals surface area (Å²) < 4.78 is 4.70. The maximum Gasteiger partial charge on any atom is 0.338 e. The summed E-state index contributed by atoms with van der Waals surface area (Å²) in [6.45, 7) is 1.27. The van der Waals surface area contributed by atoms with Gasteiger partial charge < -0.3 is 15.4 Å². The standard InChI is InChI=1S/C14H18N2O3/c1-19-14(18)12-5-3-2-4-11(12)13(17)16-8-6-10(15)7-9-16/h2-5,10H,6-9,15H2,1H3. The zero-order valence-electron chi connectivity index (χ0n) is 11.0. The molecular weight excluding hydrogens is 244 g/mol. The zero-order valence-corrected chi connectivity index (χ0v) is 11.0. The molecule has 0 aromatic heterocycles. The van der Waals surface area contributed by atoms with E-state index in [1.54, 1.807) is 29.2 Å². The number of hydrogen-bond donors (Lipinski definition) is 1. The van der Waals surface area contributed by atoms with Crippen LogP contribution < -0.4 is 5.73 Å². The summed E-state index contributed by atoms with van der Waals surface area (Å²) in [5.41, 5.74) is 6.53. The molecule has 1 aromatic rings. The van der Waals surface area contributed by atoms with E-state index in [1.165, 1.54) is 7.11 Å². The first-order valence-corrected chi connectivity index (χ1v) is 6.35. The molecule has 1 saturated heterocycles. The Kier molecular flexibility index (Phi) is 4.16. The molecule has 0 unspecified atom stereocenters. The predicted molar refractivity (Wildman–Crippen MR) is 70.9 cm³/mol. The average Bonchev–Trinajstić information content (AvgIpc) is 2.46. The molecule has 5 heteroatoms. The Morgan fingerprint density at radius 1 is 1.21 bits per heavy atom. The molecule has 0 saturated carbocycles. The largest absolute Gasteiger partial charge is 0.465 e. The molecule has 102 valence electrons. The summed E-state index contributed by atoms with van der Waals surface area (Å²) >= 11 is 0. The Morgan fingerprint density at radius 2 is 1.79 bits per heavy atom. The highest BCUT2D eigenvalue weighted by molar-refractivity contribution is 6.05. The van der Waals surface area contributed by atoms with Crippen LogP contribution in [0.15, 0.2) is 24.3 Å².